The SMILES string of the molecule is Cc1ccc(S(=O)(=O)N[C@]2(O)CCc3ccccc32)cc1. The number of sulfonamides is 1. The van der Waals surface area contributed by atoms with E-state index in [-0.39, 0.29) is 4.90 Å². The molecule has 2 aromatic carbocycles. The third-order valence-electron chi connectivity index (χ3n) is 3.85. The van der Waals surface area contributed by atoms with Crippen LogP contribution in [0.3, 0.4) is 0 Å². The second kappa shape index (κ2) is 4.94. The monoisotopic (exact) mass is 303 g/mol. The highest BCUT2D eigenvalue weighted by atomic mass is 32.2. The Morgan fingerprint density at radius 3 is 2.48 bits per heavy atom. The topological polar surface area (TPSA) is 66.4 Å². The molecule has 1 aliphatic carbocycles. The lowest BCUT2D eigenvalue weighted by molar-refractivity contribution is 0.0267. The van der Waals surface area contributed by atoms with Gasteiger partial charge in [-0.25, -0.2) is 8.42 Å². The van der Waals surface area contributed by atoms with E-state index in [1.165, 1.54) is 0 Å². The van der Waals surface area contributed by atoms with Gasteiger partial charge in [0.05, 0.1) is 4.90 Å². The van der Waals surface area contributed by atoms with Gasteiger partial charge in [-0.15, -0.1) is 0 Å². The van der Waals surface area contributed by atoms with Crippen molar-refractivity contribution < 1.29 is 13.5 Å². The van der Waals surface area contributed by atoms with Crippen LogP contribution in [0.25, 0.3) is 0 Å². The van der Waals surface area contributed by atoms with Crippen LogP contribution in [-0.4, -0.2) is 13.5 Å². The molecule has 0 heterocycles. The first-order valence-electron chi connectivity index (χ1n) is 6.82. The molecule has 0 aliphatic heterocycles. The number of benzene rings is 2. The van der Waals surface area contributed by atoms with Crippen LogP contribution >= 0.6 is 0 Å². The summed E-state index contributed by atoms with van der Waals surface area (Å²) in [6.07, 6.45) is 1.00. The summed E-state index contributed by atoms with van der Waals surface area (Å²) in [5, 5.41) is 10.7. The van der Waals surface area contributed by atoms with E-state index in [9.17, 15) is 13.5 Å². The maximum atomic E-state index is 12.4. The molecule has 3 rings (SSSR count). The zero-order valence-corrected chi connectivity index (χ0v) is 12.5. The Balaban J connectivity index is 1.95. The molecule has 0 spiro atoms. The number of nitrogens with one attached hydrogen (secondary N) is 1. The van der Waals surface area contributed by atoms with Gasteiger partial charge in [0, 0.05) is 5.56 Å². The van der Waals surface area contributed by atoms with Crippen LogP contribution in [0.15, 0.2) is 53.4 Å². The van der Waals surface area contributed by atoms with Crippen molar-refractivity contribution in [3.05, 3.63) is 65.2 Å². The van der Waals surface area contributed by atoms with Crippen LogP contribution in [0.4, 0.5) is 0 Å². The Hall–Kier alpha value is -1.69. The number of hydrogen-bond acceptors (Lipinski definition) is 3. The van der Waals surface area contributed by atoms with E-state index in [4.69, 9.17) is 0 Å². The number of aliphatic hydroxyl groups is 1. The van der Waals surface area contributed by atoms with Gasteiger partial charge >= 0.3 is 0 Å². The van der Waals surface area contributed by atoms with E-state index >= 15 is 0 Å². The highest BCUT2D eigenvalue weighted by Crippen LogP contribution is 2.35. The van der Waals surface area contributed by atoms with Crippen LogP contribution in [0.1, 0.15) is 23.1 Å². The Bertz CT molecular complexity index is 768. The van der Waals surface area contributed by atoms with E-state index in [0.29, 0.717) is 18.4 Å². The second-order valence-corrected chi connectivity index (χ2v) is 7.12. The molecule has 0 aromatic heterocycles. The van der Waals surface area contributed by atoms with Crippen molar-refractivity contribution in [1.82, 2.24) is 4.72 Å². The summed E-state index contributed by atoms with van der Waals surface area (Å²) >= 11 is 0. The van der Waals surface area contributed by atoms with Gasteiger partial charge in [-0.3, -0.25) is 0 Å². The predicted molar refractivity (Wildman–Crippen MR) is 80.2 cm³/mol. The van der Waals surface area contributed by atoms with Gasteiger partial charge in [0.15, 0.2) is 5.72 Å². The average Bonchev–Trinajstić information content (AvgIpc) is 2.77. The quantitative estimate of drug-likeness (QED) is 0.853. The fraction of sp³-hybridized carbons (Fsp3) is 0.250. The molecule has 0 radical (unpaired) electrons. The number of fused-ring (bicyclic) bond motifs is 1. The molecule has 110 valence electrons. The third kappa shape index (κ3) is 2.60. The lowest BCUT2D eigenvalue weighted by Gasteiger charge is -2.25. The molecule has 0 amide bonds. The highest BCUT2D eigenvalue weighted by Gasteiger charge is 2.40. The molecule has 4 nitrogen and oxygen atoms in total. The van der Waals surface area contributed by atoms with E-state index in [1.807, 2.05) is 19.1 Å². The summed E-state index contributed by atoms with van der Waals surface area (Å²) in [5.41, 5.74) is 1.08. The molecule has 1 atom stereocenters. The first-order valence-corrected chi connectivity index (χ1v) is 8.30. The molecule has 21 heavy (non-hydrogen) atoms. The average molecular weight is 303 g/mol. The normalized spacial score (nSPS) is 21.2. The third-order valence-corrected chi connectivity index (χ3v) is 5.35. The van der Waals surface area contributed by atoms with E-state index < -0.39 is 15.7 Å². The summed E-state index contributed by atoms with van der Waals surface area (Å²) in [7, 11) is -3.76. The van der Waals surface area contributed by atoms with Gasteiger partial charge in [0.2, 0.25) is 10.0 Å². The van der Waals surface area contributed by atoms with E-state index in [0.717, 1.165) is 11.1 Å². The van der Waals surface area contributed by atoms with Crippen LogP contribution in [0.2, 0.25) is 0 Å². The van der Waals surface area contributed by atoms with E-state index in [1.54, 1.807) is 36.4 Å². The van der Waals surface area contributed by atoms with Crippen molar-refractivity contribution in [3.8, 4) is 0 Å². The molecule has 0 bridgehead atoms. The van der Waals surface area contributed by atoms with Crippen LogP contribution in [0.5, 0.6) is 0 Å². The fourth-order valence-electron chi connectivity index (χ4n) is 2.70. The number of hydrogen-bond donors (Lipinski definition) is 2. The van der Waals surface area contributed by atoms with Gasteiger partial charge in [-0.05, 0) is 37.5 Å². The smallest absolute Gasteiger partial charge is 0.243 e. The van der Waals surface area contributed by atoms with E-state index in [2.05, 4.69) is 4.72 Å². The molecule has 1 aliphatic rings. The molecule has 2 N–H and O–H groups in total. The van der Waals surface area contributed by atoms with Crippen molar-refractivity contribution in [2.24, 2.45) is 0 Å². The Labute approximate surface area is 124 Å². The molecule has 0 saturated heterocycles. The molecule has 5 heteroatoms. The lowest BCUT2D eigenvalue weighted by atomic mass is 10.1. The standard InChI is InChI=1S/C16H17NO3S/c1-12-6-8-14(9-7-12)21(19,20)17-16(18)11-10-13-4-2-3-5-15(13)16/h2-9,17-18H,10-11H2,1H3/t16-/m0/s1. The summed E-state index contributed by atoms with van der Waals surface area (Å²) in [4.78, 5) is 0.158. The minimum absolute atomic E-state index is 0.158. The van der Waals surface area contributed by atoms with Crippen molar-refractivity contribution in [1.29, 1.82) is 0 Å². The zero-order valence-electron chi connectivity index (χ0n) is 11.7. The molecule has 0 fully saturated rings. The van der Waals surface area contributed by atoms with Crippen molar-refractivity contribution in [3.63, 3.8) is 0 Å². The van der Waals surface area contributed by atoms with Crippen LogP contribution in [0, 0.1) is 6.92 Å². The zero-order chi connectivity index (χ0) is 15.1. The molecule has 0 saturated carbocycles. The Morgan fingerprint density at radius 1 is 1.10 bits per heavy atom. The van der Waals surface area contributed by atoms with Gasteiger partial charge in [-0.1, -0.05) is 42.0 Å². The van der Waals surface area contributed by atoms with Crippen LogP contribution in [-0.2, 0) is 22.2 Å². The summed E-state index contributed by atoms with van der Waals surface area (Å²) < 4.78 is 27.3. The van der Waals surface area contributed by atoms with Gasteiger partial charge in [0.25, 0.3) is 0 Å². The molecular formula is C16H17NO3S. The Morgan fingerprint density at radius 2 is 1.76 bits per heavy atom. The maximum absolute atomic E-state index is 12.4. The minimum Gasteiger partial charge on any atom is -0.371 e. The maximum Gasteiger partial charge on any atom is 0.243 e. The van der Waals surface area contributed by atoms with Crippen molar-refractivity contribution >= 4 is 10.0 Å². The molecule has 2 aromatic rings. The van der Waals surface area contributed by atoms with Crippen molar-refractivity contribution in [2.75, 3.05) is 0 Å². The lowest BCUT2D eigenvalue weighted by Crippen LogP contribution is -2.44. The highest BCUT2D eigenvalue weighted by molar-refractivity contribution is 7.89. The minimum atomic E-state index is -3.76. The molecule has 0 unspecified atom stereocenters. The predicted octanol–water partition coefficient (Wildman–Crippen LogP) is 2.06. The second-order valence-electron chi connectivity index (χ2n) is 5.44. The first kappa shape index (κ1) is 14.3. The van der Waals surface area contributed by atoms with Crippen molar-refractivity contribution in [2.45, 2.75) is 30.4 Å². The summed E-state index contributed by atoms with van der Waals surface area (Å²) in [6.45, 7) is 1.89. The number of rotatable bonds is 3. The number of aryl methyl sites for hydroxylation is 2. The van der Waals surface area contributed by atoms with Gasteiger partial charge < -0.3 is 5.11 Å². The summed E-state index contributed by atoms with van der Waals surface area (Å²) in [5.74, 6) is 0. The molecular weight excluding hydrogens is 286 g/mol. The first-order chi connectivity index (χ1) is 9.91. The van der Waals surface area contributed by atoms with Crippen LogP contribution < -0.4 is 4.72 Å². The van der Waals surface area contributed by atoms with Gasteiger partial charge in [0.1, 0.15) is 0 Å². The summed E-state index contributed by atoms with van der Waals surface area (Å²) in [6, 6.07) is 13.9. The Kier molecular flexibility index (Phi) is 3.36. The van der Waals surface area contributed by atoms with Gasteiger partial charge in [-0.2, -0.15) is 4.72 Å². The fourth-order valence-corrected chi connectivity index (χ4v) is 3.97. The largest absolute Gasteiger partial charge is 0.371 e.